The van der Waals surface area contributed by atoms with E-state index in [0.717, 1.165) is 11.3 Å². The first-order chi connectivity index (χ1) is 11.9. The van der Waals surface area contributed by atoms with Gasteiger partial charge in [0.1, 0.15) is 11.9 Å². The minimum absolute atomic E-state index is 0.0280. The summed E-state index contributed by atoms with van der Waals surface area (Å²) in [7, 11) is -2.21. The lowest BCUT2D eigenvalue weighted by Crippen LogP contribution is -2.27. The molecule has 0 bridgehead atoms. The summed E-state index contributed by atoms with van der Waals surface area (Å²) in [5.41, 5.74) is 2.96. The van der Waals surface area contributed by atoms with E-state index in [9.17, 15) is 8.42 Å². The molecular formula is C17H18N4O3S. The first-order valence-corrected chi connectivity index (χ1v) is 9.36. The number of sulfonamides is 1. The van der Waals surface area contributed by atoms with Crippen LogP contribution in [0.1, 0.15) is 22.9 Å². The molecule has 25 heavy (non-hydrogen) atoms. The summed E-state index contributed by atoms with van der Waals surface area (Å²) in [6.45, 7) is 3.22. The fourth-order valence-electron chi connectivity index (χ4n) is 3.34. The minimum Gasteiger partial charge on any atom is -0.363 e. The van der Waals surface area contributed by atoms with E-state index in [4.69, 9.17) is 4.52 Å². The lowest BCUT2D eigenvalue weighted by Gasteiger charge is -2.20. The van der Waals surface area contributed by atoms with Crippen molar-refractivity contribution in [2.75, 3.05) is 16.7 Å². The number of hydrogen-bond acceptors (Lipinski definition) is 6. The number of dihydropyridines is 1. The van der Waals surface area contributed by atoms with Crippen molar-refractivity contribution >= 4 is 27.6 Å². The van der Waals surface area contributed by atoms with Crippen LogP contribution >= 0.6 is 0 Å². The van der Waals surface area contributed by atoms with E-state index >= 15 is 0 Å². The van der Waals surface area contributed by atoms with Crippen LogP contribution in [-0.2, 0) is 10.0 Å². The van der Waals surface area contributed by atoms with Crippen LogP contribution in [0.5, 0.6) is 0 Å². The third kappa shape index (κ3) is 2.36. The van der Waals surface area contributed by atoms with E-state index in [1.54, 1.807) is 26.1 Å². The second-order valence-electron chi connectivity index (χ2n) is 6.20. The fraction of sp³-hybridized carbons (Fsp3) is 0.294. The number of benzene rings is 1. The van der Waals surface area contributed by atoms with Gasteiger partial charge in [0, 0.05) is 24.9 Å². The van der Waals surface area contributed by atoms with Gasteiger partial charge in [-0.25, -0.2) is 8.42 Å². The Kier molecular flexibility index (Phi) is 3.47. The van der Waals surface area contributed by atoms with Crippen LogP contribution in [0, 0.1) is 13.8 Å². The quantitative estimate of drug-likeness (QED) is 0.911. The van der Waals surface area contributed by atoms with Crippen LogP contribution in [0.25, 0.3) is 0 Å². The second kappa shape index (κ2) is 5.45. The molecule has 1 aromatic heterocycles. The van der Waals surface area contributed by atoms with Crippen molar-refractivity contribution < 1.29 is 12.9 Å². The Morgan fingerprint density at radius 1 is 1.28 bits per heavy atom. The summed E-state index contributed by atoms with van der Waals surface area (Å²) in [4.78, 5) is 4.54. The number of allylic oxidation sites excluding steroid dienone is 1. The number of aromatic nitrogens is 1. The van der Waals surface area contributed by atoms with Crippen LogP contribution < -0.4 is 9.62 Å². The van der Waals surface area contributed by atoms with E-state index in [2.05, 4.69) is 21.5 Å². The van der Waals surface area contributed by atoms with Crippen LogP contribution in [-0.4, -0.2) is 33.0 Å². The number of rotatable bonds is 3. The van der Waals surface area contributed by atoms with E-state index in [-0.39, 0.29) is 22.7 Å². The van der Waals surface area contributed by atoms with Gasteiger partial charge in [-0.15, -0.1) is 0 Å². The van der Waals surface area contributed by atoms with Crippen molar-refractivity contribution in [2.24, 2.45) is 4.99 Å². The zero-order valence-electron chi connectivity index (χ0n) is 14.1. The number of aryl methyl sites for hydroxylation is 2. The number of nitrogens with one attached hydrogen (secondary N) is 1. The summed E-state index contributed by atoms with van der Waals surface area (Å²) in [5, 5.41) is 7.10. The van der Waals surface area contributed by atoms with Gasteiger partial charge in [0.05, 0.1) is 5.69 Å². The Hall–Kier alpha value is -2.61. The largest absolute Gasteiger partial charge is 0.363 e. The molecule has 4 rings (SSSR count). The van der Waals surface area contributed by atoms with Gasteiger partial charge in [-0.1, -0.05) is 11.2 Å². The molecule has 1 N–H and O–H groups in total. The van der Waals surface area contributed by atoms with E-state index < -0.39 is 10.0 Å². The van der Waals surface area contributed by atoms with E-state index in [0.29, 0.717) is 11.4 Å². The Balaban J connectivity index is 1.74. The molecule has 0 saturated heterocycles. The average molecular weight is 358 g/mol. The predicted octanol–water partition coefficient (Wildman–Crippen LogP) is 2.59. The van der Waals surface area contributed by atoms with Crippen molar-refractivity contribution in [3.05, 3.63) is 47.4 Å². The fourth-order valence-corrected chi connectivity index (χ4v) is 4.82. The molecule has 3 heterocycles. The highest BCUT2D eigenvalue weighted by molar-refractivity contribution is 7.92. The van der Waals surface area contributed by atoms with Gasteiger partial charge < -0.3 is 9.84 Å². The normalized spacial score (nSPS) is 20.9. The molecule has 2 atom stereocenters. The van der Waals surface area contributed by atoms with Crippen LogP contribution in [0.2, 0.25) is 0 Å². The van der Waals surface area contributed by atoms with Gasteiger partial charge in [-0.05, 0) is 43.7 Å². The van der Waals surface area contributed by atoms with Gasteiger partial charge in [-0.3, -0.25) is 9.30 Å². The SMILES string of the molecule is Cc1noc(C)c1S(=O)(=O)N(C)c1ccc2c(c1)C1C=CC=NC1N2. The van der Waals surface area contributed by atoms with E-state index in [1.165, 1.54) is 11.4 Å². The lowest BCUT2D eigenvalue weighted by atomic mass is 9.97. The Labute approximate surface area is 146 Å². The van der Waals surface area contributed by atoms with Crippen LogP contribution in [0.15, 0.2) is 44.8 Å². The molecule has 7 nitrogen and oxygen atoms in total. The maximum atomic E-state index is 13.0. The number of hydrogen-bond donors (Lipinski definition) is 1. The van der Waals surface area contributed by atoms with Gasteiger partial charge in [0.2, 0.25) is 0 Å². The number of aliphatic imine (C=N–C) groups is 1. The molecule has 1 aromatic carbocycles. The summed E-state index contributed by atoms with van der Waals surface area (Å²) < 4.78 is 32.3. The maximum absolute atomic E-state index is 13.0. The third-order valence-electron chi connectivity index (χ3n) is 4.64. The molecule has 0 saturated carbocycles. The molecule has 0 spiro atoms. The molecule has 0 fully saturated rings. The van der Waals surface area contributed by atoms with Gasteiger partial charge >= 0.3 is 0 Å². The Morgan fingerprint density at radius 3 is 2.80 bits per heavy atom. The standard InChI is InChI=1S/C17H18N4O3S/c1-10-16(11(2)24-20-10)25(22,23)21(3)12-6-7-15-14(9-12)13-5-4-8-18-17(13)19-15/h4-9,13,17,19H,1-3H3. The van der Waals surface area contributed by atoms with Gasteiger partial charge in [0.15, 0.2) is 10.7 Å². The molecule has 2 aliphatic heterocycles. The molecule has 8 heteroatoms. The highest BCUT2D eigenvalue weighted by Gasteiger charge is 2.33. The molecule has 2 aromatic rings. The first kappa shape index (κ1) is 15.9. The molecule has 130 valence electrons. The Morgan fingerprint density at radius 2 is 2.08 bits per heavy atom. The summed E-state index contributed by atoms with van der Waals surface area (Å²) in [5.74, 6) is 0.395. The lowest BCUT2D eigenvalue weighted by molar-refractivity contribution is 0.390. The highest BCUT2D eigenvalue weighted by Crippen LogP contribution is 2.41. The number of fused-ring (bicyclic) bond motifs is 3. The van der Waals surface area contributed by atoms with Crippen molar-refractivity contribution in [2.45, 2.75) is 30.8 Å². The smallest absolute Gasteiger partial charge is 0.269 e. The zero-order chi connectivity index (χ0) is 17.8. The third-order valence-corrected chi connectivity index (χ3v) is 6.67. The highest BCUT2D eigenvalue weighted by atomic mass is 32.2. The predicted molar refractivity (Wildman–Crippen MR) is 95.8 cm³/mol. The molecule has 0 radical (unpaired) electrons. The van der Waals surface area contributed by atoms with Crippen molar-refractivity contribution in [3.63, 3.8) is 0 Å². The van der Waals surface area contributed by atoms with Crippen molar-refractivity contribution in [3.8, 4) is 0 Å². The molecule has 2 aliphatic rings. The first-order valence-electron chi connectivity index (χ1n) is 7.92. The summed E-state index contributed by atoms with van der Waals surface area (Å²) in [6, 6.07) is 5.58. The average Bonchev–Trinajstić information content (AvgIpc) is 3.13. The second-order valence-corrected chi connectivity index (χ2v) is 8.10. The molecular weight excluding hydrogens is 340 g/mol. The zero-order valence-corrected chi connectivity index (χ0v) is 14.9. The van der Waals surface area contributed by atoms with Gasteiger partial charge in [0.25, 0.3) is 10.0 Å². The molecule has 2 unspecified atom stereocenters. The molecule has 0 amide bonds. The topological polar surface area (TPSA) is 87.8 Å². The number of anilines is 2. The maximum Gasteiger partial charge on any atom is 0.269 e. The van der Waals surface area contributed by atoms with Crippen LogP contribution in [0.4, 0.5) is 11.4 Å². The summed E-state index contributed by atoms with van der Waals surface area (Å²) in [6.07, 6.45) is 5.73. The van der Waals surface area contributed by atoms with Crippen molar-refractivity contribution in [1.82, 2.24) is 5.16 Å². The van der Waals surface area contributed by atoms with Gasteiger partial charge in [-0.2, -0.15) is 0 Å². The monoisotopic (exact) mass is 358 g/mol. The van der Waals surface area contributed by atoms with E-state index in [1.807, 2.05) is 18.2 Å². The molecule has 0 aliphatic carbocycles. The van der Waals surface area contributed by atoms with Crippen LogP contribution in [0.3, 0.4) is 0 Å². The van der Waals surface area contributed by atoms with Crippen molar-refractivity contribution in [1.29, 1.82) is 0 Å². The minimum atomic E-state index is -3.75. The summed E-state index contributed by atoms with van der Waals surface area (Å²) >= 11 is 0. The Bertz CT molecular complexity index is 987. The number of nitrogens with zero attached hydrogens (tertiary/aromatic N) is 3.